The van der Waals surface area contributed by atoms with Gasteiger partial charge >= 0.3 is 0 Å². The molecule has 1 atom stereocenters. The van der Waals surface area contributed by atoms with Crippen LogP contribution in [-0.2, 0) is 9.59 Å². The third-order valence-corrected chi connectivity index (χ3v) is 4.57. The number of amides is 2. The predicted octanol–water partition coefficient (Wildman–Crippen LogP) is 2.65. The molecule has 1 aromatic rings. The van der Waals surface area contributed by atoms with Crippen molar-refractivity contribution in [2.45, 2.75) is 57.0 Å². The molecule has 0 radical (unpaired) electrons. The molecule has 2 aliphatic rings. The molecule has 1 saturated carbocycles. The van der Waals surface area contributed by atoms with Crippen molar-refractivity contribution in [1.29, 1.82) is 0 Å². The molecule has 5 heteroatoms. The van der Waals surface area contributed by atoms with Crippen LogP contribution >= 0.6 is 0 Å². The van der Waals surface area contributed by atoms with E-state index in [-0.39, 0.29) is 24.3 Å². The van der Waals surface area contributed by atoms with Crippen molar-refractivity contribution in [2.75, 3.05) is 10.6 Å². The largest absolute Gasteiger partial charge is 0.369 e. The summed E-state index contributed by atoms with van der Waals surface area (Å²) in [7, 11) is 0. The molecule has 3 rings (SSSR count). The number of anilines is 2. The van der Waals surface area contributed by atoms with E-state index in [1.807, 2.05) is 24.3 Å². The van der Waals surface area contributed by atoms with E-state index in [9.17, 15) is 9.59 Å². The quantitative estimate of drug-likeness (QED) is 0.786. The fraction of sp³-hybridized carbons (Fsp3) is 0.529. The molecule has 1 aliphatic carbocycles. The first-order valence-electron chi connectivity index (χ1n) is 8.05. The topological polar surface area (TPSA) is 70.2 Å². The predicted molar refractivity (Wildman–Crippen MR) is 86.7 cm³/mol. The third kappa shape index (κ3) is 3.08. The number of benzene rings is 1. The van der Waals surface area contributed by atoms with Crippen LogP contribution in [0.15, 0.2) is 24.3 Å². The van der Waals surface area contributed by atoms with Gasteiger partial charge in [0, 0.05) is 6.04 Å². The lowest BCUT2D eigenvalue weighted by Gasteiger charge is -2.32. The average molecular weight is 301 g/mol. The minimum Gasteiger partial charge on any atom is -0.369 e. The highest BCUT2D eigenvalue weighted by Gasteiger charge is 2.39. The molecule has 22 heavy (non-hydrogen) atoms. The summed E-state index contributed by atoms with van der Waals surface area (Å²) in [6.07, 6.45) is 5.77. The van der Waals surface area contributed by atoms with Crippen molar-refractivity contribution >= 4 is 23.2 Å². The van der Waals surface area contributed by atoms with Crippen LogP contribution in [0.1, 0.15) is 45.4 Å². The zero-order valence-corrected chi connectivity index (χ0v) is 12.9. The summed E-state index contributed by atoms with van der Waals surface area (Å²) in [5.74, 6) is -0.231. The summed E-state index contributed by atoms with van der Waals surface area (Å²) >= 11 is 0. The molecular formula is C17H23N3O2. The van der Waals surface area contributed by atoms with Crippen LogP contribution in [0.4, 0.5) is 11.4 Å². The van der Waals surface area contributed by atoms with Gasteiger partial charge in [-0.1, -0.05) is 31.4 Å². The Morgan fingerprint density at radius 2 is 1.86 bits per heavy atom. The minimum atomic E-state index is -0.922. The van der Waals surface area contributed by atoms with Gasteiger partial charge in [0.15, 0.2) is 0 Å². The molecular weight excluding hydrogens is 278 g/mol. The van der Waals surface area contributed by atoms with E-state index in [1.54, 1.807) is 6.92 Å². The minimum absolute atomic E-state index is 0.0914. The molecule has 1 heterocycles. The number of carbonyl (C=O) groups excluding carboxylic acids is 2. The van der Waals surface area contributed by atoms with E-state index < -0.39 is 5.54 Å². The van der Waals surface area contributed by atoms with Crippen molar-refractivity contribution in [3.63, 3.8) is 0 Å². The third-order valence-electron chi connectivity index (χ3n) is 4.57. The number of para-hydroxylation sites is 2. The van der Waals surface area contributed by atoms with Crippen LogP contribution < -0.4 is 16.0 Å². The first kappa shape index (κ1) is 14.9. The Kier molecular flexibility index (Phi) is 4.05. The number of hydrogen-bond donors (Lipinski definition) is 3. The van der Waals surface area contributed by atoms with Gasteiger partial charge in [-0.3, -0.25) is 9.59 Å². The lowest BCUT2D eigenvalue weighted by molar-refractivity contribution is -0.129. The highest BCUT2D eigenvalue weighted by Crippen LogP contribution is 2.30. The van der Waals surface area contributed by atoms with E-state index in [4.69, 9.17) is 0 Å². The van der Waals surface area contributed by atoms with Crippen LogP contribution in [0.2, 0.25) is 0 Å². The maximum atomic E-state index is 12.7. The van der Waals surface area contributed by atoms with Gasteiger partial charge in [-0.15, -0.1) is 0 Å². The van der Waals surface area contributed by atoms with Crippen molar-refractivity contribution < 1.29 is 9.59 Å². The summed E-state index contributed by atoms with van der Waals surface area (Å²) in [6, 6.07) is 7.72. The van der Waals surface area contributed by atoms with Gasteiger partial charge in [0.05, 0.1) is 17.8 Å². The Balaban J connectivity index is 1.78. The standard InChI is InChI=1S/C17H23N3O2/c1-17(16(22)18-12-7-3-2-4-8-12)11-15(21)19-13-9-5-6-10-14(13)20-17/h5-6,9-10,12,20H,2-4,7-8,11H2,1H3,(H,18,22)(H,19,21). The van der Waals surface area contributed by atoms with E-state index in [2.05, 4.69) is 16.0 Å². The molecule has 1 fully saturated rings. The fourth-order valence-electron chi connectivity index (χ4n) is 3.29. The number of carbonyl (C=O) groups is 2. The highest BCUT2D eigenvalue weighted by molar-refractivity contribution is 6.03. The van der Waals surface area contributed by atoms with Crippen LogP contribution in [0.3, 0.4) is 0 Å². The van der Waals surface area contributed by atoms with Gasteiger partial charge in [-0.2, -0.15) is 0 Å². The molecule has 0 aromatic heterocycles. The Hall–Kier alpha value is -2.04. The van der Waals surface area contributed by atoms with Crippen LogP contribution in [-0.4, -0.2) is 23.4 Å². The van der Waals surface area contributed by atoms with Crippen LogP contribution in [0.25, 0.3) is 0 Å². The van der Waals surface area contributed by atoms with E-state index >= 15 is 0 Å². The normalized spacial score (nSPS) is 25.4. The van der Waals surface area contributed by atoms with Crippen LogP contribution in [0, 0.1) is 0 Å². The molecule has 3 N–H and O–H groups in total. The number of nitrogens with one attached hydrogen (secondary N) is 3. The highest BCUT2D eigenvalue weighted by atomic mass is 16.2. The fourth-order valence-corrected chi connectivity index (χ4v) is 3.29. The van der Waals surface area contributed by atoms with E-state index in [1.165, 1.54) is 19.3 Å². The van der Waals surface area contributed by atoms with Crippen molar-refractivity contribution in [3.8, 4) is 0 Å². The lowest BCUT2D eigenvalue weighted by atomic mass is 9.92. The van der Waals surface area contributed by atoms with E-state index in [0.717, 1.165) is 24.2 Å². The van der Waals surface area contributed by atoms with Gasteiger partial charge in [-0.05, 0) is 31.9 Å². The Labute approximate surface area is 130 Å². The summed E-state index contributed by atoms with van der Waals surface area (Å²) in [6.45, 7) is 1.80. The molecule has 118 valence electrons. The van der Waals surface area contributed by atoms with Crippen molar-refractivity contribution in [3.05, 3.63) is 24.3 Å². The molecule has 2 amide bonds. The molecule has 5 nitrogen and oxygen atoms in total. The van der Waals surface area contributed by atoms with E-state index in [0.29, 0.717) is 0 Å². The molecule has 0 bridgehead atoms. The average Bonchev–Trinajstić information content (AvgIpc) is 2.63. The lowest BCUT2D eigenvalue weighted by Crippen LogP contribution is -2.54. The Morgan fingerprint density at radius 1 is 1.18 bits per heavy atom. The summed E-state index contributed by atoms with van der Waals surface area (Å²) < 4.78 is 0. The summed E-state index contributed by atoms with van der Waals surface area (Å²) in [4.78, 5) is 24.9. The maximum Gasteiger partial charge on any atom is 0.246 e. The van der Waals surface area contributed by atoms with Crippen molar-refractivity contribution in [1.82, 2.24) is 5.32 Å². The summed E-state index contributed by atoms with van der Waals surface area (Å²) in [5.41, 5.74) is 0.588. The smallest absolute Gasteiger partial charge is 0.246 e. The molecule has 1 aromatic carbocycles. The second kappa shape index (κ2) is 5.99. The zero-order chi connectivity index (χ0) is 15.6. The Bertz CT molecular complexity index is 581. The summed E-state index contributed by atoms with van der Waals surface area (Å²) in [5, 5.41) is 9.24. The number of rotatable bonds is 2. The second-order valence-corrected chi connectivity index (χ2v) is 6.54. The first-order chi connectivity index (χ1) is 10.6. The molecule has 1 aliphatic heterocycles. The van der Waals surface area contributed by atoms with Crippen LogP contribution in [0.5, 0.6) is 0 Å². The SMILES string of the molecule is CC1(C(=O)NC2CCCCC2)CC(=O)Nc2ccccc2N1. The zero-order valence-electron chi connectivity index (χ0n) is 12.9. The first-order valence-corrected chi connectivity index (χ1v) is 8.05. The Morgan fingerprint density at radius 3 is 2.59 bits per heavy atom. The van der Waals surface area contributed by atoms with Gasteiger partial charge in [0.2, 0.25) is 11.8 Å². The monoisotopic (exact) mass is 301 g/mol. The molecule has 0 spiro atoms. The van der Waals surface area contributed by atoms with Gasteiger partial charge in [0.25, 0.3) is 0 Å². The van der Waals surface area contributed by atoms with Gasteiger partial charge in [0.1, 0.15) is 5.54 Å². The van der Waals surface area contributed by atoms with Crippen molar-refractivity contribution in [2.24, 2.45) is 0 Å². The second-order valence-electron chi connectivity index (χ2n) is 6.54. The van der Waals surface area contributed by atoms with Gasteiger partial charge < -0.3 is 16.0 Å². The number of hydrogen-bond acceptors (Lipinski definition) is 3. The molecule has 1 unspecified atom stereocenters. The number of fused-ring (bicyclic) bond motifs is 1. The molecule has 0 saturated heterocycles. The maximum absolute atomic E-state index is 12.7. The van der Waals surface area contributed by atoms with Gasteiger partial charge in [-0.25, -0.2) is 0 Å².